The van der Waals surface area contributed by atoms with Gasteiger partial charge in [0.25, 0.3) is 5.91 Å². The van der Waals surface area contributed by atoms with E-state index >= 15 is 0 Å². The van der Waals surface area contributed by atoms with Gasteiger partial charge in [0.05, 0.1) is 30.6 Å². The summed E-state index contributed by atoms with van der Waals surface area (Å²) < 4.78 is 7.78. The zero-order valence-corrected chi connectivity index (χ0v) is 13.1. The Morgan fingerprint density at radius 3 is 3.30 bits per heavy atom. The van der Waals surface area contributed by atoms with Crippen molar-refractivity contribution in [3.63, 3.8) is 0 Å². The number of hydrogen-bond donors (Lipinski definition) is 1. The van der Waals surface area contributed by atoms with Gasteiger partial charge >= 0.3 is 0 Å². The van der Waals surface area contributed by atoms with E-state index in [1.165, 1.54) is 0 Å². The predicted molar refractivity (Wildman–Crippen MR) is 80.7 cm³/mol. The van der Waals surface area contributed by atoms with Crippen molar-refractivity contribution in [1.82, 2.24) is 30.1 Å². The molecule has 0 saturated carbocycles. The number of piperidine rings is 1. The lowest BCUT2D eigenvalue weighted by Crippen LogP contribution is -2.50. The van der Waals surface area contributed by atoms with Gasteiger partial charge in [0.1, 0.15) is 5.69 Å². The van der Waals surface area contributed by atoms with Gasteiger partial charge in [-0.3, -0.25) is 9.89 Å². The number of rotatable bonds is 3. The number of aromatic nitrogens is 5. The number of carbonyl (C=O) groups is 1. The van der Waals surface area contributed by atoms with Crippen molar-refractivity contribution in [2.24, 2.45) is 0 Å². The van der Waals surface area contributed by atoms with Crippen LogP contribution in [-0.2, 0) is 17.8 Å². The van der Waals surface area contributed by atoms with E-state index in [2.05, 4.69) is 27.4 Å². The van der Waals surface area contributed by atoms with E-state index in [0.717, 1.165) is 30.7 Å². The molecule has 0 aromatic carbocycles. The molecule has 0 bridgehead atoms. The number of ether oxygens (including phenoxy) is 1. The molecule has 23 heavy (non-hydrogen) atoms. The van der Waals surface area contributed by atoms with Crippen molar-refractivity contribution in [1.29, 1.82) is 0 Å². The maximum absolute atomic E-state index is 12.7. The third-order valence-corrected chi connectivity index (χ3v) is 4.59. The largest absolute Gasteiger partial charge is 0.370 e. The first-order valence-electron chi connectivity index (χ1n) is 8.10. The number of carbonyl (C=O) groups excluding carboxylic acids is 1. The van der Waals surface area contributed by atoms with Crippen LogP contribution in [0, 0.1) is 0 Å². The van der Waals surface area contributed by atoms with E-state index in [4.69, 9.17) is 4.74 Å². The van der Waals surface area contributed by atoms with Gasteiger partial charge in [-0.05, 0) is 18.9 Å². The number of nitrogens with zero attached hydrogens (tertiary/aromatic N) is 5. The van der Waals surface area contributed by atoms with Crippen LogP contribution in [0.1, 0.15) is 47.7 Å². The molecule has 1 N–H and O–H groups in total. The Kier molecular flexibility index (Phi) is 3.60. The Bertz CT molecular complexity index is 708. The SMILES string of the molecule is CCCc1cc(C(=O)N2CC[C@@H]3OCc4cnnn4[C@H]3C2)n[nH]1. The summed E-state index contributed by atoms with van der Waals surface area (Å²) in [6.07, 6.45) is 4.56. The minimum absolute atomic E-state index is 0.0331. The summed E-state index contributed by atoms with van der Waals surface area (Å²) in [4.78, 5) is 14.5. The number of likely N-dealkylation sites (tertiary alicyclic amines) is 1. The molecule has 4 rings (SSSR count). The van der Waals surface area contributed by atoms with Crippen LogP contribution in [-0.4, -0.2) is 55.2 Å². The van der Waals surface area contributed by atoms with E-state index in [0.29, 0.717) is 25.4 Å². The summed E-state index contributed by atoms with van der Waals surface area (Å²) in [6, 6.07) is 1.89. The highest BCUT2D eigenvalue weighted by atomic mass is 16.5. The first-order chi connectivity index (χ1) is 11.3. The molecule has 1 amide bonds. The second-order valence-electron chi connectivity index (χ2n) is 6.15. The number of fused-ring (bicyclic) bond motifs is 3. The maximum atomic E-state index is 12.7. The second kappa shape index (κ2) is 5.77. The number of amides is 1. The van der Waals surface area contributed by atoms with E-state index in [1.54, 1.807) is 6.20 Å². The molecule has 8 nitrogen and oxygen atoms in total. The topological polar surface area (TPSA) is 88.9 Å². The van der Waals surface area contributed by atoms with Crippen LogP contribution >= 0.6 is 0 Å². The van der Waals surface area contributed by atoms with Crippen molar-refractivity contribution >= 4 is 5.91 Å². The molecule has 1 saturated heterocycles. The van der Waals surface area contributed by atoms with Crippen LogP contribution in [0.2, 0.25) is 0 Å². The molecule has 2 aliphatic rings. The lowest BCUT2D eigenvalue weighted by molar-refractivity contribution is -0.0605. The van der Waals surface area contributed by atoms with E-state index in [-0.39, 0.29) is 18.1 Å². The molecule has 8 heteroatoms. The van der Waals surface area contributed by atoms with Crippen LogP contribution in [0.5, 0.6) is 0 Å². The number of aromatic amines is 1. The van der Waals surface area contributed by atoms with Crippen LogP contribution in [0.25, 0.3) is 0 Å². The first-order valence-corrected chi connectivity index (χ1v) is 8.10. The predicted octanol–water partition coefficient (Wildman–Crippen LogP) is 0.940. The lowest BCUT2D eigenvalue weighted by atomic mass is 10.00. The molecule has 2 aromatic heterocycles. The van der Waals surface area contributed by atoms with Crippen molar-refractivity contribution in [3.05, 3.63) is 29.3 Å². The van der Waals surface area contributed by atoms with Crippen LogP contribution in [0.4, 0.5) is 0 Å². The summed E-state index contributed by atoms with van der Waals surface area (Å²) in [7, 11) is 0. The molecule has 0 radical (unpaired) electrons. The maximum Gasteiger partial charge on any atom is 0.274 e. The fourth-order valence-corrected chi connectivity index (χ4v) is 3.39. The first kappa shape index (κ1) is 14.4. The Hall–Kier alpha value is -2.22. The summed E-state index contributed by atoms with van der Waals surface area (Å²) in [6.45, 7) is 3.91. The Morgan fingerprint density at radius 1 is 1.52 bits per heavy atom. The van der Waals surface area contributed by atoms with E-state index < -0.39 is 0 Å². The second-order valence-corrected chi connectivity index (χ2v) is 6.15. The number of hydrogen-bond acceptors (Lipinski definition) is 5. The number of aryl methyl sites for hydroxylation is 1. The third-order valence-electron chi connectivity index (χ3n) is 4.59. The normalized spacial score (nSPS) is 23.4. The van der Waals surface area contributed by atoms with Crippen molar-refractivity contribution < 1.29 is 9.53 Å². The molecule has 1 fully saturated rings. The van der Waals surface area contributed by atoms with Gasteiger partial charge in [0, 0.05) is 18.8 Å². The average molecular weight is 316 g/mol. The lowest BCUT2D eigenvalue weighted by Gasteiger charge is -2.40. The highest BCUT2D eigenvalue weighted by Crippen LogP contribution is 2.30. The molecule has 122 valence electrons. The summed E-state index contributed by atoms with van der Waals surface area (Å²) in [5, 5.41) is 15.2. The fraction of sp³-hybridized carbons (Fsp3) is 0.600. The minimum atomic E-state index is -0.0331. The molecule has 0 aliphatic carbocycles. The van der Waals surface area contributed by atoms with Crippen molar-refractivity contribution in [3.8, 4) is 0 Å². The van der Waals surface area contributed by atoms with Gasteiger partial charge < -0.3 is 9.64 Å². The van der Waals surface area contributed by atoms with Gasteiger partial charge in [-0.15, -0.1) is 5.10 Å². The van der Waals surface area contributed by atoms with Gasteiger partial charge in [-0.25, -0.2) is 4.68 Å². The third kappa shape index (κ3) is 2.52. The molecule has 0 spiro atoms. The van der Waals surface area contributed by atoms with E-state index in [1.807, 2.05) is 15.6 Å². The monoisotopic (exact) mass is 316 g/mol. The minimum Gasteiger partial charge on any atom is -0.370 e. The molecule has 2 aromatic rings. The van der Waals surface area contributed by atoms with Crippen LogP contribution < -0.4 is 0 Å². The molecular formula is C15H20N6O2. The van der Waals surface area contributed by atoms with Gasteiger partial charge in [-0.1, -0.05) is 18.6 Å². The Balaban J connectivity index is 1.51. The molecule has 4 heterocycles. The van der Waals surface area contributed by atoms with Gasteiger partial charge in [0.2, 0.25) is 0 Å². The zero-order valence-electron chi connectivity index (χ0n) is 13.1. The fourth-order valence-electron chi connectivity index (χ4n) is 3.39. The standard InChI is InChI=1S/C15H20N6O2/c1-2-3-10-6-12(18-17-10)15(22)20-5-4-14-13(8-20)21-11(9-23-14)7-16-19-21/h6-7,13-14H,2-5,8-9H2,1H3,(H,17,18)/t13-,14-/m0/s1. The smallest absolute Gasteiger partial charge is 0.274 e. The van der Waals surface area contributed by atoms with Gasteiger partial charge in [0.15, 0.2) is 0 Å². The summed E-state index contributed by atoms with van der Waals surface area (Å²) >= 11 is 0. The molecular weight excluding hydrogens is 296 g/mol. The Labute approximate surface area is 133 Å². The van der Waals surface area contributed by atoms with Crippen LogP contribution in [0.3, 0.4) is 0 Å². The van der Waals surface area contributed by atoms with Crippen molar-refractivity contribution in [2.75, 3.05) is 13.1 Å². The summed E-state index contributed by atoms with van der Waals surface area (Å²) in [5.41, 5.74) is 2.46. The van der Waals surface area contributed by atoms with E-state index in [9.17, 15) is 4.79 Å². The number of nitrogens with one attached hydrogen (secondary N) is 1. The molecule has 0 unspecified atom stereocenters. The number of H-pyrrole nitrogens is 1. The molecule has 2 atom stereocenters. The average Bonchev–Trinajstić information content (AvgIpc) is 3.23. The highest BCUT2D eigenvalue weighted by Gasteiger charge is 2.38. The van der Waals surface area contributed by atoms with Gasteiger partial charge in [-0.2, -0.15) is 5.10 Å². The summed E-state index contributed by atoms with van der Waals surface area (Å²) in [5.74, 6) is -0.0331. The molecule has 2 aliphatic heterocycles. The Morgan fingerprint density at radius 2 is 2.43 bits per heavy atom. The zero-order chi connectivity index (χ0) is 15.8. The quantitative estimate of drug-likeness (QED) is 0.910. The van der Waals surface area contributed by atoms with Crippen molar-refractivity contribution in [2.45, 2.75) is 44.9 Å². The van der Waals surface area contributed by atoms with Crippen LogP contribution in [0.15, 0.2) is 12.3 Å². The highest BCUT2D eigenvalue weighted by molar-refractivity contribution is 5.92.